The van der Waals surface area contributed by atoms with Crippen LogP contribution in [-0.2, 0) is 17.8 Å². The van der Waals surface area contributed by atoms with Crippen molar-refractivity contribution < 1.29 is 4.79 Å². The Morgan fingerprint density at radius 2 is 1.58 bits per heavy atom. The molecule has 0 bridgehead atoms. The van der Waals surface area contributed by atoms with Gasteiger partial charge in [0.15, 0.2) is 5.78 Å². The van der Waals surface area contributed by atoms with E-state index < -0.39 is 0 Å². The average molecular weight is 350 g/mol. The second-order valence-corrected chi connectivity index (χ2v) is 8.40. The van der Waals surface area contributed by atoms with Gasteiger partial charge in [0.2, 0.25) is 0 Å². The van der Waals surface area contributed by atoms with Gasteiger partial charge < -0.3 is 0 Å². The number of nitrogens with zero attached hydrogens (tertiary/aromatic N) is 1. The Morgan fingerprint density at radius 3 is 2.15 bits per heavy atom. The summed E-state index contributed by atoms with van der Waals surface area (Å²) < 4.78 is 0. The molecule has 0 radical (unpaired) electrons. The normalized spacial score (nSPS) is 17.6. The molecule has 0 saturated carbocycles. The Hall–Kier alpha value is -1.93. The van der Waals surface area contributed by atoms with Crippen molar-refractivity contribution in [2.24, 2.45) is 5.92 Å². The van der Waals surface area contributed by atoms with Crippen molar-refractivity contribution in [2.45, 2.75) is 66.6 Å². The number of fused-ring (bicyclic) bond motifs is 1. The molecular weight excluding hydrogens is 318 g/mol. The molecule has 3 rings (SSSR count). The number of benzene rings is 2. The SMILES string of the molecule is Cc1cc(C)cc(-c2ccc3c(c2)CN(C(C)C)C(C(=O)C(C)C)C3)c1. The van der Waals surface area contributed by atoms with E-state index in [1.54, 1.807) is 0 Å². The first-order valence-electron chi connectivity index (χ1n) is 9.76. The van der Waals surface area contributed by atoms with Gasteiger partial charge in [0.25, 0.3) is 0 Å². The molecule has 0 spiro atoms. The maximum absolute atomic E-state index is 12.7. The number of Topliss-reactive ketones (excluding diaryl/α,β-unsaturated/α-hetero) is 1. The zero-order chi connectivity index (χ0) is 19.0. The van der Waals surface area contributed by atoms with E-state index in [1.807, 2.05) is 13.8 Å². The molecule has 0 amide bonds. The second-order valence-electron chi connectivity index (χ2n) is 8.40. The largest absolute Gasteiger partial charge is 0.298 e. The topological polar surface area (TPSA) is 20.3 Å². The van der Waals surface area contributed by atoms with E-state index in [-0.39, 0.29) is 12.0 Å². The van der Waals surface area contributed by atoms with E-state index in [1.165, 1.54) is 33.4 Å². The third-order valence-electron chi connectivity index (χ3n) is 5.49. The highest BCUT2D eigenvalue weighted by atomic mass is 16.1. The zero-order valence-electron chi connectivity index (χ0n) is 17.0. The van der Waals surface area contributed by atoms with Gasteiger partial charge in [0, 0.05) is 18.5 Å². The van der Waals surface area contributed by atoms with Crippen LogP contribution in [0.15, 0.2) is 36.4 Å². The predicted octanol–water partition coefficient (Wildman–Crippen LogP) is 5.33. The molecule has 0 aromatic heterocycles. The van der Waals surface area contributed by atoms with Crippen LogP contribution in [0.25, 0.3) is 11.1 Å². The quantitative estimate of drug-likeness (QED) is 0.743. The second kappa shape index (κ2) is 7.36. The lowest BCUT2D eigenvalue weighted by atomic mass is 9.86. The highest BCUT2D eigenvalue weighted by Gasteiger charge is 2.33. The summed E-state index contributed by atoms with van der Waals surface area (Å²) in [7, 11) is 0. The summed E-state index contributed by atoms with van der Waals surface area (Å²) in [5.74, 6) is 0.445. The van der Waals surface area contributed by atoms with E-state index in [0.29, 0.717) is 11.8 Å². The molecule has 0 saturated heterocycles. The molecule has 1 heterocycles. The molecule has 0 fully saturated rings. The van der Waals surface area contributed by atoms with E-state index in [9.17, 15) is 4.79 Å². The molecule has 138 valence electrons. The van der Waals surface area contributed by atoms with Crippen LogP contribution in [0.3, 0.4) is 0 Å². The maximum Gasteiger partial charge on any atom is 0.152 e. The van der Waals surface area contributed by atoms with Crippen molar-refractivity contribution in [2.75, 3.05) is 0 Å². The summed E-state index contributed by atoms with van der Waals surface area (Å²) in [6, 6.07) is 13.9. The minimum Gasteiger partial charge on any atom is -0.298 e. The van der Waals surface area contributed by atoms with Gasteiger partial charge >= 0.3 is 0 Å². The first-order valence-corrected chi connectivity index (χ1v) is 9.76. The van der Waals surface area contributed by atoms with Gasteiger partial charge in [-0.3, -0.25) is 9.69 Å². The lowest BCUT2D eigenvalue weighted by Gasteiger charge is -2.39. The summed E-state index contributed by atoms with van der Waals surface area (Å²) in [5.41, 5.74) is 7.83. The smallest absolute Gasteiger partial charge is 0.152 e. The highest BCUT2D eigenvalue weighted by molar-refractivity contribution is 5.86. The van der Waals surface area contributed by atoms with E-state index in [0.717, 1.165) is 13.0 Å². The minimum atomic E-state index is 0.00886. The number of hydrogen-bond donors (Lipinski definition) is 0. The van der Waals surface area contributed by atoms with Gasteiger partial charge in [0.05, 0.1) is 6.04 Å². The number of carbonyl (C=O) groups is 1. The van der Waals surface area contributed by atoms with Crippen molar-refractivity contribution in [1.82, 2.24) is 4.90 Å². The molecule has 1 unspecified atom stereocenters. The first kappa shape index (κ1) is 18.8. The van der Waals surface area contributed by atoms with Crippen LogP contribution in [0, 0.1) is 19.8 Å². The van der Waals surface area contributed by atoms with Gasteiger partial charge in [0.1, 0.15) is 0 Å². The van der Waals surface area contributed by atoms with Crippen LogP contribution in [0.5, 0.6) is 0 Å². The monoisotopic (exact) mass is 349 g/mol. The van der Waals surface area contributed by atoms with Crippen LogP contribution in [0.4, 0.5) is 0 Å². The maximum atomic E-state index is 12.7. The Bertz CT molecular complexity index is 799. The van der Waals surface area contributed by atoms with Crippen molar-refractivity contribution >= 4 is 5.78 Å². The molecule has 1 atom stereocenters. The van der Waals surface area contributed by atoms with E-state index in [4.69, 9.17) is 0 Å². The van der Waals surface area contributed by atoms with Crippen molar-refractivity contribution in [3.05, 3.63) is 58.7 Å². The number of carbonyl (C=O) groups excluding carboxylic acids is 1. The fraction of sp³-hybridized carbons (Fsp3) is 0.458. The molecule has 1 aliphatic rings. The van der Waals surface area contributed by atoms with Gasteiger partial charge in [-0.2, -0.15) is 0 Å². The van der Waals surface area contributed by atoms with E-state index in [2.05, 4.69) is 69.0 Å². The zero-order valence-corrected chi connectivity index (χ0v) is 17.0. The minimum absolute atomic E-state index is 0.00886. The van der Waals surface area contributed by atoms with Crippen LogP contribution in [0.1, 0.15) is 49.9 Å². The number of aryl methyl sites for hydroxylation is 2. The predicted molar refractivity (Wildman–Crippen MR) is 109 cm³/mol. The van der Waals surface area contributed by atoms with Crippen LogP contribution in [0.2, 0.25) is 0 Å². The standard InChI is InChI=1S/C24H31NO/c1-15(2)24(26)23-13-20-8-7-19(12-22(20)14-25(23)16(3)4)21-10-17(5)9-18(6)11-21/h7-12,15-16,23H,13-14H2,1-6H3. The number of hydrogen-bond acceptors (Lipinski definition) is 2. The molecule has 0 N–H and O–H groups in total. The Labute approximate surface area is 158 Å². The van der Waals surface area contributed by atoms with Crippen molar-refractivity contribution in [3.63, 3.8) is 0 Å². The van der Waals surface area contributed by atoms with Gasteiger partial charge in [-0.15, -0.1) is 0 Å². The van der Waals surface area contributed by atoms with Crippen LogP contribution < -0.4 is 0 Å². The summed E-state index contributed by atoms with van der Waals surface area (Å²) in [5, 5.41) is 0. The fourth-order valence-electron chi connectivity index (χ4n) is 4.12. The Kier molecular flexibility index (Phi) is 5.34. The fourth-order valence-corrected chi connectivity index (χ4v) is 4.12. The molecular formula is C24H31NO. The number of ketones is 1. The summed E-state index contributed by atoms with van der Waals surface area (Å²) in [6.07, 6.45) is 0.831. The first-order chi connectivity index (χ1) is 12.3. The molecule has 2 heteroatoms. The average Bonchev–Trinajstić information content (AvgIpc) is 2.58. The van der Waals surface area contributed by atoms with Gasteiger partial charge in [-0.1, -0.05) is 55.3 Å². The number of rotatable bonds is 4. The third kappa shape index (κ3) is 3.76. The van der Waals surface area contributed by atoms with E-state index >= 15 is 0 Å². The van der Waals surface area contributed by atoms with Gasteiger partial charge in [-0.25, -0.2) is 0 Å². The van der Waals surface area contributed by atoms with Gasteiger partial charge in [-0.05, 0) is 62.4 Å². The van der Waals surface area contributed by atoms with Crippen molar-refractivity contribution in [1.29, 1.82) is 0 Å². The third-order valence-corrected chi connectivity index (χ3v) is 5.49. The summed E-state index contributed by atoms with van der Waals surface area (Å²) in [6.45, 7) is 13.6. The molecule has 2 aromatic rings. The molecule has 26 heavy (non-hydrogen) atoms. The molecule has 2 aromatic carbocycles. The highest BCUT2D eigenvalue weighted by Crippen LogP contribution is 2.31. The van der Waals surface area contributed by atoms with Crippen molar-refractivity contribution in [3.8, 4) is 11.1 Å². The molecule has 0 aliphatic carbocycles. The molecule has 1 aliphatic heterocycles. The Balaban J connectivity index is 1.98. The lowest BCUT2D eigenvalue weighted by molar-refractivity contribution is -0.128. The van der Waals surface area contributed by atoms with Crippen LogP contribution in [-0.4, -0.2) is 22.8 Å². The summed E-state index contributed by atoms with van der Waals surface area (Å²) in [4.78, 5) is 15.1. The van der Waals surface area contributed by atoms with Crippen LogP contribution >= 0.6 is 0 Å². The summed E-state index contributed by atoms with van der Waals surface area (Å²) >= 11 is 0. The lowest BCUT2D eigenvalue weighted by Crippen LogP contribution is -2.50. The Morgan fingerprint density at radius 1 is 0.923 bits per heavy atom. The molecule has 2 nitrogen and oxygen atoms in total.